The van der Waals surface area contributed by atoms with Gasteiger partial charge in [0.1, 0.15) is 0 Å². The van der Waals surface area contributed by atoms with E-state index in [0.717, 1.165) is 6.07 Å². The van der Waals surface area contributed by atoms with Crippen LogP contribution in [0.3, 0.4) is 0 Å². The molecule has 0 radical (unpaired) electrons. The average Bonchev–Trinajstić information content (AvgIpc) is 2.49. The molecule has 0 N–H and O–H groups in total. The Hall–Kier alpha value is -2.62. The van der Waals surface area contributed by atoms with Gasteiger partial charge in [0.2, 0.25) is 0 Å². The van der Waals surface area contributed by atoms with Gasteiger partial charge in [-0.3, -0.25) is 18.7 Å². The molecule has 0 spiro atoms. The Balaban J connectivity index is 2.19. The zero-order valence-corrected chi connectivity index (χ0v) is 10.3. The number of pyridine rings is 2. The molecule has 0 bridgehead atoms. The Morgan fingerprint density at radius 1 is 0.750 bits per heavy atom. The summed E-state index contributed by atoms with van der Waals surface area (Å²) in [6, 6.07) is 13.8. The van der Waals surface area contributed by atoms with E-state index in [9.17, 15) is 8.78 Å². The molecule has 0 fully saturated rings. The van der Waals surface area contributed by atoms with E-state index < -0.39 is 11.6 Å². The van der Waals surface area contributed by atoms with Crippen molar-refractivity contribution in [3.05, 3.63) is 72.6 Å². The van der Waals surface area contributed by atoms with E-state index in [-0.39, 0.29) is 11.1 Å². The van der Waals surface area contributed by atoms with Crippen molar-refractivity contribution in [2.24, 2.45) is 0 Å². The van der Waals surface area contributed by atoms with Crippen molar-refractivity contribution in [3.63, 3.8) is 0 Å². The lowest BCUT2D eigenvalue weighted by atomic mass is 10.0. The standard InChI is InChI=1S/C16H9F2N2/c17-13-10-14(18)12(16-6-2-4-8-20-16)9-11(13)15-5-1-3-7-19-15/h1-8,10H/q-1. The smallest absolute Gasteiger partial charge is 0.0600 e. The number of rotatable bonds is 2. The molecule has 0 aliphatic rings. The molecule has 2 heterocycles. The number of aromatic nitrogens is 2. The summed E-state index contributed by atoms with van der Waals surface area (Å²) in [6.45, 7) is 0. The van der Waals surface area contributed by atoms with Gasteiger partial charge < -0.3 is 0 Å². The van der Waals surface area contributed by atoms with E-state index >= 15 is 0 Å². The number of benzene rings is 1. The summed E-state index contributed by atoms with van der Waals surface area (Å²) in [6.07, 6.45) is 3.10. The van der Waals surface area contributed by atoms with Gasteiger partial charge in [-0.25, -0.2) is 0 Å². The predicted octanol–water partition coefficient (Wildman–Crippen LogP) is 3.89. The molecule has 0 atom stereocenters. The van der Waals surface area contributed by atoms with Crippen LogP contribution in [0.25, 0.3) is 22.5 Å². The summed E-state index contributed by atoms with van der Waals surface area (Å²) in [5.74, 6) is -1.39. The Kier molecular flexibility index (Phi) is 3.21. The number of nitrogens with zero attached hydrogens (tertiary/aromatic N) is 2. The van der Waals surface area contributed by atoms with Crippen molar-refractivity contribution >= 4 is 0 Å². The lowest BCUT2D eigenvalue weighted by Crippen LogP contribution is -1.94. The monoisotopic (exact) mass is 267 g/mol. The van der Waals surface area contributed by atoms with E-state index in [4.69, 9.17) is 0 Å². The Morgan fingerprint density at radius 3 is 1.65 bits per heavy atom. The minimum absolute atomic E-state index is 0.132. The Labute approximate surface area is 114 Å². The summed E-state index contributed by atoms with van der Waals surface area (Å²) in [5, 5.41) is 0. The van der Waals surface area contributed by atoms with Crippen LogP contribution in [-0.2, 0) is 0 Å². The molecule has 2 aromatic heterocycles. The van der Waals surface area contributed by atoms with Crippen LogP contribution in [-0.4, -0.2) is 9.97 Å². The van der Waals surface area contributed by atoms with E-state index in [1.165, 1.54) is 0 Å². The van der Waals surface area contributed by atoms with E-state index in [1.54, 1.807) is 48.8 Å². The average molecular weight is 267 g/mol. The van der Waals surface area contributed by atoms with Crippen LogP contribution < -0.4 is 0 Å². The third-order valence-corrected chi connectivity index (χ3v) is 2.82. The van der Waals surface area contributed by atoms with Gasteiger partial charge >= 0.3 is 0 Å². The quantitative estimate of drug-likeness (QED) is 0.658. The number of hydrogen-bond acceptors (Lipinski definition) is 2. The molecule has 0 aliphatic carbocycles. The second kappa shape index (κ2) is 5.17. The van der Waals surface area contributed by atoms with Crippen LogP contribution in [0.4, 0.5) is 8.78 Å². The van der Waals surface area contributed by atoms with Crippen molar-refractivity contribution in [1.29, 1.82) is 0 Å². The van der Waals surface area contributed by atoms with Gasteiger partial charge in [0.25, 0.3) is 0 Å². The van der Waals surface area contributed by atoms with E-state index in [2.05, 4.69) is 16.0 Å². The second-order valence-corrected chi connectivity index (χ2v) is 4.15. The molecule has 3 aromatic rings. The van der Waals surface area contributed by atoms with Crippen LogP contribution >= 0.6 is 0 Å². The van der Waals surface area contributed by atoms with Crippen LogP contribution in [0.15, 0.2) is 54.9 Å². The molecule has 2 nitrogen and oxygen atoms in total. The predicted molar refractivity (Wildman–Crippen MR) is 71.7 cm³/mol. The molecule has 0 saturated carbocycles. The summed E-state index contributed by atoms with van der Waals surface area (Å²) < 4.78 is 27.8. The summed E-state index contributed by atoms with van der Waals surface area (Å²) in [4.78, 5) is 8.12. The molecule has 4 heteroatoms. The van der Waals surface area contributed by atoms with E-state index in [1.807, 2.05) is 0 Å². The fourth-order valence-corrected chi connectivity index (χ4v) is 1.89. The molecule has 0 unspecified atom stereocenters. The second-order valence-electron chi connectivity index (χ2n) is 4.15. The molecule has 0 saturated heterocycles. The SMILES string of the molecule is Fc1cc(F)c(-c2ccccn2)[c-]c1-c1ccccn1. The van der Waals surface area contributed by atoms with Crippen molar-refractivity contribution in [3.8, 4) is 22.5 Å². The highest BCUT2D eigenvalue weighted by molar-refractivity contribution is 5.69. The van der Waals surface area contributed by atoms with Gasteiger partial charge in [0.15, 0.2) is 0 Å². The zero-order valence-electron chi connectivity index (χ0n) is 10.3. The fourth-order valence-electron chi connectivity index (χ4n) is 1.89. The van der Waals surface area contributed by atoms with Crippen molar-refractivity contribution in [2.75, 3.05) is 0 Å². The largest absolute Gasteiger partial charge is 0.295 e. The maximum absolute atomic E-state index is 13.9. The molecular formula is C16H9F2N2-. The van der Waals surface area contributed by atoms with E-state index in [0.29, 0.717) is 11.4 Å². The first-order valence-electron chi connectivity index (χ1n) is 6.00. The molecule has 20 heavy (non-hydrogen) atoms. The van der Waals surface area contributed by atoms with Crippen LogP contribution in [0.5, 0.6) is 0 Å². The van der Waals surface area contributed by atoms with Gasteiger partial charge in [-0.2, -0.15) is 0 Å². The molecule has 0 amide bonds. The lowest BCUT2D eigenvalue weighted by Gasteiger charge is -2.14. The number of hydrogen-bond donors (Lipinski definition) is 0. The molecule has 3 rings (SSSR count). The zero-order chi connectivity index (χ0) is 13.9. The molecule has 1 aromatic carbocycles. The highest BCUT2D eigenvalue weighted by atomic mass is 19.1. The number of halogens is 2. The van der Waals surface area contributed by atoms with Crippen molar-refractivity contribution in [2.45, 2.75) is 0 Å². The lowest BCUT2D eigenvalue weighted by molar-refractivity contribution is 0.587. The van der Waals surface area contributed by atoms with Gasteiger partial charge in [0.05, 0.1) is 11.6 Å². The Morgan fingerprint density at radius 2 is 1.25 bits per heavy atom. The third-order valence-electron chi connectivity index (χ3n) is 2.82. The summed E-state index contributed by atoms with van der Waals surface area (Å²) in [5.41, 5.74) is 1.07. The van der Waals surface area contributed by atoms with Crippen LogP contribution in [0, 0.1) is 17.7 Å². The van der Waals surface area contributed by atoms with Crippen molar-refractivity contribution in [1.82, 2.24) is 9.97 Å². The fraction of sp³-hybridized carbons (Fsp3) is 0. The first-order chi connectivity index (χ1) is 9.75. The summed E-state index contributed by atoms with van der Waals surface area (Å²) in [7, 11) is 0. The minimum Gasteiger partial charge on any atom is -0.295 e. The normalized spacial score (nSPS) is 10.5. The summed E-state index contributed by atoms with van der Waals surface area (Å²) >= 11 is 0. The highest BCUT2D eigenvalue weighted by Crippen LogP contribution is 2.28. The first kappa shape index (κ1) is 12.4. The van der Waals surface area contributed by atoms with Crippen molar-refractivity contribution < 1.29 is 8.78 Å². The topological polar surface area (TPSA) is 25.8 Å². The maximum atomic E-state index is 13.9. The maximum Gasteiger partial charge on any atom is 0.0600 e. The highest BCUT2D eigenvalue weighted by Gasteiger charge is 2.06. The Bertz CT molecular complexity index is 667. The van der Waals surface area contributed by atoms with Crippen LogP contribution in [0.1, 0.15) is 0 Å². The van der Waals surface area contributed by atoms with Gasteiger partial charge in [-0.1, -0.05) is 41.5 Å². The first-order valence-corrected chi connectivity index (χ1v) is 6.00. The third kappa shape index (κ3) is 2.28. The molecule has 98 valence electrons. The minimum atomic E-state index is -0.694. The van der Waals surface area contributed by atoms with Gasteiger partial charge in [-0.15, -0.1) is 6.07 Å². The molecular weight excluding hydrogens is 258 g/mol. The van der Waals surface area contributed by atoms with Crippen LogP contribution in [0.2, 0.25) is 0 Å². The van der Waals surface area contributed by atoms with Gasteiger partial charge in [0, 0.05) is 23.8 Å². The molecule has 0 aliphatic heterocycles. The van der Waals surface area contributed by atoms with Gasteiger partial charge in [-0.05, 0) is 12.1 Å².